The van der Waals surface area contributed by atoms with E-state index in [-0.39, 0.29) is 21.4 Å². The van der Waals surface area contributed by atoms with E-state index in [4.69, 9.17) is 27.9 Å². The Bertz CT molecular complexity index is 1110. The van der Waals surface area contributed by atoms with Gasteiger partial charge in [0.15, 0.2) is 6.61 Å². The molecule has 0 aromatic heterocycles. The van der Waals surface area contributed by atoms with Crippen molar-refractivity contribution in [3.05, 3.63) is 64.1 Å². The molecule has 5 nitrogen and oxygen atoms in total. The Kier molecular flexibility index (Phi) is 6.81. The number of ether oxygens (including phenoxy) is 1. The maximum absolute atomic E-state index is 14.7. The van der Waals surface area contributed by atoms with E-state index in [0.717, 1.165) is 0 Å². The quantitative estimate of drug-likeness (QED) is 0.497. The predicted molar refractivity (Wildman–Crippen MR) is 107 cm³/mol. The fourth-order valence-electron chi connectivity index (χ4n) is 3.07. The van der Waals surface area contributed by atoms with Gasteiger partial charge in [-0.2, -0.15) is 40.8 Å². The van der Waals surface area contributed by atoms with Gasteiger partial charge in [0.1, 0.15) is 5.75 Å². The van der Waals surface area contributed by atoms with Crippen LogP contribution in [0, 0.1) is 0 Å². The van der Waals surface area contributed by atoms with Gasteiger partial charge in [-0.25, -0.2) is 0 Å². The second kappa shape index (κ2) is 8.90. The molecule has 1 atom stereocenters. The van der Waals surface area contributed by atoms with Gasteiger partial charge in [-0.05, 0) is 23.8 Å². The summed E-state index contributed by atoms with van der Waals surface area (Å²) in [5, 5.41) is 13.5. The third-order valence-electron chi connectivity index (χ3n) is 4.83. The van der Waals surface area contributed by atoms with E-state index in [9.17, 15) is 40.6 Å². The summed E-state index contributed by atoms with van der Waals surface area (Å²) in [6.45, 7) is -1.19. The molecule has 1 N–H and O–H groups in total. The van der Waals surface area contributed by atoms with Crippen molar-refractivity contribution < 1.29 is 45.4 Å². The number of carbonyl (C=O) groups excluding carboxylic acids is 1. The molecule has 2 aromatic carbocycles. The largest absolute Gasteiger partial charge is 0.482 e. The normalized spacial score (nSPS) is 19.2. The number of rotatable bonds is 6. The molecule has 0 fully saturated rings. The van der Waals surface area contributed by atoms with Crippen molar-refractivity contribution in [1.29, 1.82) is 0 Å². The number of nitrogens with zero attached hydrogens (tertiary/aromatic N) is 2. The van der Waals surface area contributed by atoms with E-state index in [1.54, 1.807) is 0 Å². The maximum Gasteiger partial charge on any atom is 0.460 e. The van der Waals surface area contributed by atoms with Crippen LogP contribution in [0.3, 0.4) is 0 Å². The minimum atomic E-state index is -6.75. The van der Waals surface area contributed by atoms with Gasteiger partial charge in [0.2, 0.25) is 5.72 Å². The Morgan fingerprint density at radius 3 is 2.24 bits per heavy atom. The first-order valence-electron chi connectivity index (χ1n) is 9.20. The third-order valence-corrected chi connectivity index (χ3v) is 5.36. The fraction of sp³-hybridized carbons (Fsp3) is 0.300. The van der Waals surface area contributed by atoms with Crippen LogP contribution in [0.2, 0.25) is 10.0 Å². The molecular weight excluding hydrogens is 520 g/mol. The van der Waals surface area contributed by atoms with Crippen molar-refractivity contribution in [3.63, 3.8) is 0 Å². The van der Waals surface area contributed by atoms with Crippen molar-refractivity contribution in [3.8, 4) is 5.75 Å². The van der Waals surface area contributed by atoms with Crippen molar-refractivity contribution in [2.45, 2.75) is 30.2 Å². The molecule has 3 rings (SSSR count). The molecule has 0 saturated carbocycles. The first kappa shape index (κ1) is 26.0. The van der Waals surface area contributed by atoms with Crippen LogP contribution in [-0.4, -0.2) is 52.1 Å². The summed E-state index contributed by atoms with van der Waals surface area (Å²) in [7, 11) is 0. The van der Waals surface area contributed by atoms with E-state index >= 15 is 0 Å². The van der Waals surface area contributed by atoms with Gasteiger partial charge >= 0.3 is 18.0 Å². The Hall–Kier alpha value is -2.57. The van der Waals surface area contributed by atoms with Crippen LogP contribution in [0.25, 0.3) is 0 Å². The molecule has 0 bridgehead atoms. The highest BCUT2D eigenvalue weighted by Gasteiger charge is 2.82. The Labute approximate surface area is 197 Å². The lowest BCUT2D eigenvalue weighted by Gasteiger charge is -2.41. The van der Waals surface area contributed by atoms with Crippen molar-refractivity contribution in [1.82, 2.24) is 5.01 Å². The average Bonchev–Trinajstić information content (AvgIpc) is 3.12. The van der Waals surface area contributed by atoms with Gasteiger partial charge < -0.3 is 9.84 Å². The lowest BCUT2D eigenvalue weighted by molar-refractivity contribution is -0.401. The molecule has 1 aliphatic heterocycles. The molecule has 34 heavy (non-hydrogen) atoms. The van der Waals surface area contributed by atoms with E-state index in [0.29, 0.717) is 0 Å². The lowest BCUT2D eigenvalue weighted by atomic mass is 9.91. The molecule has 0 spiro atoms. The molecule has 0 aliphatic carbocycles. The minimum absolute atomic E-state index is 0.00372. The number of hydrogen-bond donors (Lipinski definition) is 1. The van der Waals surface area contributed by atoms with Crippen LogP contribution < -0.4 is 4.74 Å². The van der Waals surface area contributed by atoms with Gasteiger partial charge in [0.25, 0.3) is 5.91 Å². The number of amides is 1. The smallest absolute Gasteiger partial charge is 0.460 e. The summed E-state index contributed by atoms with van der Waals surface area (Å²) in [4.78, 5) is 12.6. The maximum atomic E-state index is 14.7. The van der Waals surface area contributed by atoms with Gasteiger partial charge in [0.05, 0.1) is 10.7 Å². The number of carbonyl (C=O) groups is 1. The van der Waals surface area contributed by atoms with E-state index in [1.807, 2.05) is 0 Å². The van der Waals surface area contributed by atoms with Crippen molar-refractivity contribution in [2.24, 2.45) is 5.10 Å². The van der Waals surface area contributed by atoms with E-state index in [2.05, 4.69) is 5.10 Å². The number of aliphatic hydroxyl groups is 1. The summed E-state index contributed by atoms with van der Waals surface area (Å²) in [6, 6.07) is 10.5. The second-order valence-electron chi connectivity index (χ2n) is 7.12. The molecule has 0 radical (unpaired) electrons. The van der Waals surface area contributed by atoms with Gasteiger partial charge in [-0.3, -0.25) is 4.79 Å². The van der Waals surface area contributed by atoms with Gasteiger partial charge in [-0.15, -0.1) is 0 Å². The minimum Gasteiger partial charge on any atom is -0.482 e. The summed E-state index contributed by atoms with van der Waals surface area (Å²) in [5.41, 5.74) is -4.90. The van der Waals surface area contributed by atoms with Crippen LogP contribution in [0.15, 0.2) is 53.6 Å². The number of halogens is 9. The second-order valence-corrected chi connectivity index (χ2v) is 7.97. The van der Waals surface area contributed by atoms with Crippen molar-refractivity contribution in [2.75, 3.05) is 6.61 Å². The van der Waals surface area contributed by atoms with Gasteiger partial charge in [-0.1, -0.05) is 53.5 Å². The van der Waals surface area contributed by atoms with Crippen LogP contribution >= 0.6 is 23.2 Å². The molecule has 1 amide bonds. The molecule has 184 valence electrons. The Balaban J connectivity index is 1.99. The third kappa shape index (κ3) is 4.41. The van der Waals surface area contributed by atoms with Crippen LogP contribution in [0.1, 0.15) is 12.0 Å². The highest BCUT2D eigenvalue weighted by atomic mass is 35.5. The zero-order chi connectivity index (χ0) is 25.5. The molecule has 14 heteroatoms. The Morgan fingerprint density at radius 1 is 1.06 bits per heavy atom. The SMILES string of the molecule is O=C(COc1ccc(Cl)cc1Cl)N1N=C(c2ccccc2)C[C@@]1(O)C(F)(F)C(F)(F)C(F)(F)F. The van der Waals surface area contributed by atoms with Crippen LogP contribution in [0.4, 0.5) is 30.7 Å². The monoisotopic (exact) mass is 532 g/mol. The first-order chi connectivity index (χ1) is 15.6. The van der Waals surface area contributed by atoms with Gasteiger partial charge in [0, 0.05) is 11.4 Å². The molecule has 2 aromatic rings. The summed E-state index contributed by atoms with van der Waals surface area (Å²) < 4.78 is 101. The van der Waals surface area contributed by atoms with E-state index < -0.39 is 53.4 Å². The molecule has 1 aliphatic rings. The Morgan fingerprint density at radius 2 is 1.68 bits per heavy atom. The highest BCUT2D eigenvalue weighted by Crippen LogP contribution is 2.54. The molecule has 1 heterocycles. The number of alkyl halides is 7. The number of hydrogen-bond acceptors (Lipinski definition) is 4. The summed E-state index contributed by atoms with van der Waals surface area (Å²) in [6.07, 6.45) is -8.27. The lowest BCUT2D eigenvalue weighted by Crippen LogP contribution is -2.69. The standard InChI is InChI=1S/C20H13Cl2F7N2O3/c21-12-6-7-15(13(22)8-12)34-10-16(32)31-17(33,18(23,24)19(25,26)20(27,28)29)9-14(30-31)11-4-2-1-3-5-11/h1-8,33H,9-10H2/t17-/m1/s1. The van der Waals surface area contributed by atoms with Crippen LogP contribution in [-0.2, 0) is 4.79 Å². The summed E-state index contributed by atoms with van der Waals surface area (Å²) >= 11 is 11.6. The molecular formula is C20H13Cl2F7N2O3. The zero-order valence-corrected chi connectivity index (χ0v) is 18.1. The predicted octanol–water partition coefficient (Wildman–Crippen LogP) is 5.53. The highest BCUT2D eigenvalue weighted by molar-refractivity contribution is 6.35. The molecule has 0 unspecified atom stereocenters. The number of benzene rings is 2. The van der Waals surface area contributed by atoms with Crippen LogP contribution in [0.5, 0.6) is 5.75 Å². The average molecular weight is 533 g/mol. The fourth-order valence-corrected chi connectivity index (χ4v) is 3.53. The first-order valence-corrected chi connectivity index (χ1v) is 9.96. The molecule has 0 saturated heterocycles. The number of hydrazone groups is 1. The topological polar surface area (TPSA) is 62.1 Å². The summed E-state index contributed by atoms with van der Waals surface area (Å²) in [5.74, 6) is -14.7. The zero-order valence-electron chi connectivity index (χ0n) is 16.6. The van der Waals surface area contributed by atoms with E-state index in [1.165, 1.54) is 48.5 Å². The van der Waals surface area contributed by atoms with Crippen molar-refractivity contribution >= 4 is 34.8 Å².